The lowest BCUT2D eigenvalue weighted by molar-refractivity contribution is 0.205. The second-order valence-electron chi connectivity index (χ2n) is 6.11. The third kappa shape index (κ3) is 2.16. The molecule has 2 heterocycles. The Morgan fingerprint density at radius 1 is 1.18 bits per heavy atom. The fourth-order valence-corrected chi connectivity index (χ4v) is 3.46. The average Bonchev–Trinajstić information content (AvgIpc) is 2.86. The van der Waals surface area contributed by atoms with Crippen molar-refractivity contribution >= 4 is 11.0 Å². The van der Waals surface area contributed by atoms with Crippen LogP contribution in [0.25, 0.3) is 11.0 Å². The van der Waals surface area contributed by atoms with Crippen LogP contribution >= 0.6 is 0 Å². The van der Waals surface area contributed by atoms with E-state index < -0.39 is 0 Å². The molecule has 112 valence electrons. The number of likely N-dealkylation sites (N-methyl/N-ethyl adjacent to an activating group) is 1. The van der Waals surface area contributed by atoms with E-state index >= 15 is 0 Å². The van der Waals surface area contributed by atoms with E-state index in [1.807, 2.05) is 22.8 Å². The second kappa shape index (κ2) is 5.14. The van der Waals surface area contributed by atoms with E-state index in [0.29, 0.717) is 6.04 Å². The fraction of sp³-hybridized carbons (Fsp3) is 0.278. The summed E-state index contributed by atoms with van der Waals surface area (Å²) in [6.07, 6.45) is 0.984. The molecule has 1 atom stereocenters. The highest BCUT2D eigenvalue weighted by Crippen LogP contribution is 2.25. The van der Waals surface area contributed by atoms with E-state index in [-0.39, 0.29) is 5.69 Å². The number of hydrogen-bond acceptors (Lipinski definition) is 2. The van der Waals surface area contributed by atoms with Crippen molar-refractivity contribution in [2.45, 2.75) is 25.6 Å². The Morgan fingerprint density at radius 3 is 2.82 bits per heavy atom. The number of hydrogen-bond donors (Lipinski definition) is 1. The van der Waals surface area contributed by atoms with E-state index in [4.69, 9.17) is 0 Å². The number of para-hydroxylation sites is 1. The lowest BCUT2D eigenvalue weighted by Crippen LogP contribution is -2.41. The molecule has 1 aliphatic heterocycles. The van der Waals surface area contributed by atoms with E-state index in [1.165, 1.54) is 11.1 Å². The average molecular weight is 293 g/mol. The zero-order chi connectivity index (χ0) is 15.1. The fourth-order valence-electron chi connectivity index (χ4n) is 3.46. The first-order valence-corrected chi connectivity index (χ1v) is 7.67. The topological polar surface area (TPSA) is 41.0 Å². The van der Waals surface area contributed by atoms with Crippen LogP contribution in [0, 0.1) is 0 Å². The first kappa shape index (κ1) is 13.3. The predicted octanol–water partition coefficient (Wildman–Crippen LogP) is 2.39. The molecule has 1 aromatic heterocycles. The van der Waals surface area contributed by atoms with Crippen molar-refractivity contribution in [1.82, 2.24) is 14.5 Å². The maximum Gasteiger partial charge on any atom is 0.326 e. The van der Waals surface area contributed by atoms with Gasteiger partial charge in [0.15, 0.2) is 0 Å². The first-order chi connectivity index (χ1) is 10.7. The molecular formula is C18H19N3O. The van der Waals surface area contributed by atoms with Crippen LogP contribution < -0.4 is 5.69 Å². The number of benzene rings is 2. The van der Waals surface area contributed by atoms with E-state index in [0.717, 1.165) is 30.5 Å². The maximum absolute atomic E-state index is 12.2. The molecule has 22 heavy (non-hydrogen) atoms. The van der Waals surface area contributed by atoms with Crippen molar-refractivity contribution in [1.29, 1.82) is 0 Å². The molecule has 1 aliphatic rings. The number of nitrogens with zero attached hydrogens (tertiary/aromatic N) is 2. The minimum absolute atomic E-state index is 0.000242. The van der Waals surface area contributed by atoms with Gasteiger partial charge >= 0.3 is 5.69 Å². The monoisotopic (exact) mass is 293 g/mol. The van der Waals surface area contributed by atoms with Gasteiger partial charge in [0.1, 0.15) is 0 Å². The van der Waals surface area contributed by atoms with E-state index in [2.05, 4.69) is 47.3 Å². The van der Waals surface area contributed by atoms with E-state index in [1.54, 1.807) is 0 Å². The Balaban J connectivity index is 1.64. The van der Waals surface area contributed by atoms with E-state index in [9.17, 15) is 4.79 Å². The van der Waals surface area contributed by atoms with Crippen LogP contribution in [-0.2, 0) is 19.5 Å². The number of H-pyrrole nitrogens is 1. The van der Waals surface area contributed by atoms with Crippen LogP contribution in [0.2, 0.25) is 0 Å². The highest BCUT2D eigenvalue weighted by atomic mass is 16.1. The molecule has 0 aliphatic carbocycles. The summed E-state index contributed by atoms with van der Waals surface area (Å²) in [6, 6.07) is 16.9. The molecule has 0 spiro atoms. The molecule has 4 nitrogen and oxygen atoms in total. The van der Waals surface area contributed by atoms with Crippen molar-refractivity contribution in [2.24, 2.45) is 0 Å². The lowest BCUT2D eigenvalue weighted by Gasteiger charge is -2.32. The molecule has 3 aromatic rings. The summed E-state index contributed by atoms with van der Waals surface area (Å²) in [5.41, 5.74) is 4.59. The quantitative estimate of drug-likeness (QED) is 0.805. The third-order valence-corrected chi connectivity index (χ3v) is 4.62. The summed E-state index contributed by atoms with van der Waals surface area (Å²) in [5, 5.41) is 0. The highest BCUT2D eigenvalue weighted by molar-refractivity contribution is 5.79. The Labute approximate surface area is 129 Å². The van der Waals surface area contributed by atoms with Crippen LogP contribution in [0.5, 0.6) is 0 Å². The number of aromatic amines is 1. The van der Waals surface area contributed by atoms with Crippen LogP contribution in [-0.4, -0.2) is 27.5 Å². The Kier molecular flexibility index (Phi) is 3.12. The molecule has 0 unspecified atom stereocenters. The molecule has 0 saturated carbocycles. The molecule has 0 radical (unpaired) electrons. The Hall–Kier alpha value is -2.33. The zero-order valence-corrected chi connectivity index (χ0v) is 12.6. The molecule has 0 amide bonds. The summed E-state index contributed by atoms with van der Waals surface area (Å²) >= 11 is 0. The van der Waals surface area contributed by atoms with Gasteiger partial charge in [-0.05, 0) is 30.7 Å². The lowest BCUT2D eigenvalue weighted by atomic mass is 9.99. The predicted molar refractivity (Wildman–Crippen MR) is 88.0 cm³/mol. The van der Waals surface area contributed by atoms with Crippen molar-refractivity contribution in [2.75, 3.05) is 7.05 Å². The van der Waals surface area contributed by atoms with Crippen LogP contribution in [0.15, 0.2) is 53.3 Å². The Bertz CT molecular complexity index is 863. The summed E-state index contributed by atoms with van der Waals surface area (Å²) in [5.74, 6) is 0. The van der Waals surface area contributed by atoms with Gasteiger partial charge in [-0.3, -0.25) is 9.47 Å². The van der Waals surface area contributed by atoms with Gasteiger partial charge in [0.2, 0.25) is 0 Å². The summed E-state index contributed by atoms with van der Waals surface area (Å²) in [7, 11) is 2.14. The number of imidazole rings is 1. The van der Waals surface area contributed by atoms with Crippen molar-refractivity contribution in [3.63, 3.8) is 0 Å². The number of nitrogens with one attached hydrogen (secondary N) is 1. The Morgan fingerprint density at radius 2 is 2.00 bits per heavy atom. The van der Waals surface area contributed by atoms with Gasteiger partial charge in [0.25, 0.3) is 0 Å². The molecule has 0 fully saturated rings. The minimum atomic E-state index is 0.000242. The van der Waals surface area contributed by atoms with Gasteiger partial charge in [-0.1, -0.05) is 42.5 Å². The minimum Gasteiger partial charge on any atom is -0.306 e. The molecule has 1 N–H and O–H groups in total. The normalized spacial score (nSPS) is 17.3. The van der Waals surface area contributed by atoms with Crippen molar-refractivity contribution in [3.05, 3.63) is 70.1 Å². The second-order valence-corrected chi connectivity index (χ2v) is 6.11. The first-order valence-electron chi connectivity index (χ1n) is 7.67. The van der Waals surface area contributed by atoms with Gasteiger partial charge in [0.05, 0.1) is 11.0 Å². The third-order valence-electron chi connectivity index (χ3n) is 4.62. The van der Waals surface area contributed by atoms with Crippen molar-refractivity contribution in [3.8, 4) is 0 Å². The van der Waals surface area contributed by atoms with Crippen LogP contribution in [0.1, 0.15) is 11.1 Å². The molecule has 2 aromatic carbocycles. The highest BCUT2D eigenvalue weighted by Gasteiger charge is 2.25. The number of rotatable bonds is 3. The van der Waals surface area contributed by atoms with Gasteiger partial charge in [0, 0.05) is 19.1 Å². The van der Waals surface area contributed by atoms with Crippen LogP contribution in [0.4, 0.5) is 0 Å². The van der Waals surface area contributed by atoms with Crippen molar-refractivity contribution < 1.29 is 0 Å². The smallest absolute Gasteiger partial charge is 0.306 e. The number of aromatic nitrogens is 2. The SMILES string of the molecule is CN(Cc1ccccc1)[C@H]1Cc2cccc3[nH]c(=O)n(c23)C1. The van der Waals surface area contributed by atoms with Gasteiger partial charge in [-0.2, -0.15) is 0 Å². The van der Waals surface area contributed by atoms with Gasteiger partial charge in [-0.25, -0.2) is 4.79 Å². The summed E-state index contributed by atoms with van der Waals surface area (Å²) in [4.78, 5) is 17.5. The standard InChI is InChI=1S/C18H19N3O/c1-20(11-13-6-3-2-4-7-13)15-10-14-8-5-9-16-17(14)21(12-15)18(22)19-16/h2-9,15H,10-12H2,1H3,(H,19,22)/t15-/m0/s1. The summed E-state index contributed by atoms with van der Waals surface area (Å²) < 4.78 is 1.89. The summed E-state index contributed by atoms with van der Waals surface area (Å²) in [6.45, 7) is 1.65. The molecule has 0 saturated heterocycles. The van der Waals surface area contributed by atoms with Crippen LogP contribution in [0.3, 0.4) is 0 Å². The zero-order valence-electron chi connectivity index (χ0n) is 12.6. The molecular weight excluding hydrogens is 274 g/mol. The molecule has 4 rings (SSSR count). The van der Waals surface area contributed by atoms with Gasteiger partial charge < -0.3 is 4.98 Å². The molecule has 4 heteroatoms. The van der Waals surface area contributed by atoms with Gasteiger partial charge in [-0.15, -0.1) is 0 Å². The maximum atomic E-state index is 12.2. The molecule has 0 bridgehead atoms. The largest absolute Gasteiger partial charge is 0.326 e.